The van der Waals surface area contributed by atoms with E-state index in [1.165, 1.54) is 0 Å². The number of nitrogens with one attached hydrogen (secondary N) is 1. The van der Waals surface area contributed by atoms with Crippen LogP contribution in [-0.4, -0.2) is 22.9 Å². The lowest BCUT2D eigenvalue weighted by Crippen LogP contribution is -2.14. The summed E-state index contributed by atoms with van der Waals surface area (Å²) >= 11 is 0. The summed E-state index contributed by atoms with van der Waals surface area (Å²) in [6.45, 7) is 0. The molecule has 0 spiro atoms. The van der Waals surface area contributed by atoms with Gasteiger partial charge in [-0.1, -0.05) is 24.3 Å². The number of rotatable bonds is 4. The van der Waals surface area contributed by atoms with Crippen molar-refractivity contribution in [2.24, 2.45) is 5.73 Å². The summed E-state index contributed by atoms with van der Waals surface area (Å²) in [5.74, 6) is 0.767. The molecule has 0 saturated heterocycles. The van der Waals surface area contributed by atoms with Crippen molar-refractivity contribution >= 4 is 29.0 Å². The Balaban J connectivity index is 2.03. The van der Waals surface area contributed by atoms with Gasteiger partial charge in [-0.25, -0.2) is 4.98 Å². The lowest BCUT2D eigenvalue weighted by Gasteiger charge is -2.19. The van der Waals surface area contributed by atoms with Crippen molar-refractivity contribution in [2.75, 3.05) is 23.4 Å². The second-order valence-electron chi connectivity index (χ2n) is 5.58. The van der Waals surface area contributed by atoms with E-state index in [1.54, 1.807) is 18.2 Å². The first-order valence-electron chi connectivity index (χ1n) is 7.63. The molecule has 3 aromatic rings. The Morgan fingerprint density at radius 3 is 2.36 bits per heavy atom. The van der Waals surface area contributed by atoms with Gasteiger partial charge in [-0.2, -0.15) is 4.98 Å². The predicted octanol–water partition coefficient (Wildman–Crippen LogP) is 2.36. The van der Waals surface area contributed by atoms with Gasteiger partial charge in [0.15, 0.2) is 0 Å². The van der Waals surface area contributed by atoms with Crippen LogP contribution in [0.5, 0.6) is 0 Å². The largest absolute Gasteiger partial charge is 0.398 e. The van der Waals surface area contributed by atoms with Gasteiger partial charge in [0.05, 0.1) is 5.69 Å². The van der Waals surface area contributed by atoms with Crippen molar-refractivity contribution in [1.82, 2.24) is 9.97 Å². The van der Waals surface area contributed by atoms with Crippen LogP contribution in [0.2, 0.25) is 0 Å². The van der Waals surface area contributed by atoms with Crippen LogP contribution in [0.15, 0.2) is 54.6 Å². The van der Waals surface area contributed by atoms with Crippen LogP contribution in [0.25, 0.3) is 11.3 Å². The van der Waals surface area contributed by atoms with E-state index < -0.39 is 0 Å². The van der Waals surface area contributed by atoms with E-state index in [-0.39, 0.29) is 11.8 Å². The first-order valence-corrected chi connectivity index (χ1v) is 7.63. The Hall–Kier alpha value is -3.61. The second-order valence-corrected chi connectivity index (χ2v) is 5.58. The van der Waals surface area contributed by atoms with Gasteiger partial charge in [0.2, 0.25) is 5.95 Å². The molecule has 7 nitrogen and oxygen atoms in total. The zero-order valence-corrected chi connectivity index (χ0v) is 13.8. The van der Waals surface area contributed by atoms with Crippen LogP contribution in [0.4, 0.5) is 23.1 Å². The highest BCUT2D eigenvalue weighted by molar-refractivity contribution is 6.00. The summed E-state index contributed by atoms with van der Waals surface area (Å²) in [5.41, 5.74) is 20.7. The predicted molar refractivity (Wildman–Crippen MR) is 102 cm³/mol. The summed E-state index contributed by atoms with van der Waals surface area (Å²) in [7, 11) is 1.91. The van der Waals surface area contributed by atoms with Crippen LogP contribution < -0.4 is 22.1 Å². The number of nitrogen functional groups attached to an aromatic ring is 3. The van der Waals surface area contributed by atoms with E-state index >= 15 is 0 Å². The fourth-order valence-corrected chi connectivity index (χ4v) is 2.52. The van der Waals surface area contributed by atoms with Crippen LogP contribution in [0.3, 0.4) is 0 Å². The lowest BCUT2D eigenvalue weighted by atomic mass is 10.1. The van der Waals surface area contributed by atoms with Gasteiger partial charge >= 0.3 is 0 Å². The number of hydrogen-bond acceptors (Lipinski definition) is 6. The van der Waals surface area contributed by atoms with Crippen molar-refractivity contribution in [1.29, 1.82) is 5.41 Å². The minimum absolute atomic E-state index is 0.0734. The number of hydrogen-bond donors (Lipinski definition) is 4. The highest BCUT2D eigenvalue weighted by Gasteiger charge is 2.12. The molecule has 0 radical (unpaired) electrons. The molecule has 0 atom stereocenters. The van der Waals surface area contributed by atoms with Gasteiger partial charge in [0, 0.05) is 35.6 Å². The zero-order valence-electron chi connectivity index (χ0n) is 13.8. The Labute approximate surface area is 145 Å². The number of amidine groups is 1. The maximum atomic E-state index is 7.52. The molecule has 25 heavy (non-hydrogen) atoms. The van der Waals surface area contributed by atoms with Gasteiger partial charge in [-0.3, -0.25) is 5.41 Å². The minimum Gasteiger partial charge on any atom is -0.398 e. The number of aromatic nitrogens is 2. The van der Waals surface area contributed by atoms with E-state index in [0.29, 0.717) is 22.8 Å². The highest BCUT2D eigenvalue weighted by Crippen LogP contribution is 2.28. The van der Waals surface area contributed by atoms with Gasteiger partial charge in [-0.05, 0) is 24.3 Å². The van der Waals surface area contributed by atoms with Crippen molar-refractivity contribution in [3.05, 3.63) is 60.2 Å². The third kappa shape index (κ3) is 3.35. The average molecular weight is 333 g/mol. The molecule has 0 aliphatic rings. The van der Waals surface area contributed by atoms with E-state index in [1.807, 2.05) is 48.3 Å². The highest BCUT2D eigenvalue weighted by atomic mass is 15.2. The van der Waals surface area contributed by atoms with Crippen LogP contribution in [0.1, 0.15) is 5.56 Å². The third-order valence-corrected chi connectivity index (χ3v) is 3.85. The Morgan fingerprint density at radius 1 is 1.00 bits per heavy atom. The molecule has 7 heteroatoms. The summed E-state index contributed by atoms with van der Waals surface area (Å²) in [6, 6.07) is 16.9. The monoisotopic (exact) mass is 333 g/mol. The molecule has 126 valence electrons. The Morgan fingerprint density at radius 2 is 1.72 bits per heavy atom. The fourth-order valence-electron chi connectivity index (χ4n) is 2.52. The quantitative estimate of drug-likeness (QED) is 0.329. The minimum atomic E-state index is -0.0734. The van der Waals surface area contributed by atoms with E-state index in [4.69, 9.17) is 22.6 Å². The molecular weight excluding hydrogens is 314 g/mol. The number of para-hydroxylation sites is 1. The summed E-state index contributed by atoms with van der Waals surface area (Å²) in [6.07, 6.45) is 0. The number of benzene rings is 2. The first kappa shape index (κ1) is 16.3. The van der Waals surface area contributed by atoms with E-state index in [2.05, 4.69) is 9.97 Å². The molecule has 2 aromatic carbocycles. The maximum absolute atomic E-state index is 7.52. The zero-order chi connectivity index (χ0) is 18.0. The average Bonchev–Trinajstić information content (AvgIpc) is 2.61. The molecule has 0 bridgehead atoms. The molecule has 0 saturated carbocycles. The van der Waals surface area contributed by atoms with Gasteiger partial charge in [0.1, 0.15) is 11.7 Å². The smallest absolute Gasteiger partial charge is 0.222 e. The molecule has 0 unspecified atom stereocenters. The van der Waals surface area contributed by atoms with Gasteiger partial charge < -0.3 is 22.1 Å². The van der Waals surface area contributed by atoms with Crippen molar-refractivity contribution in [3.8, 4) is 11.3 Å². The van der Waals surface area contributed by atoms with E-state index in [9.17, 15) is 0 Å². The maximum Gasteiger partial charge on any atom is 0.222 e. The fraction of sp³-hybridized carbons (Fsp3) is 0.0556. The number of nitrogens with two attached hydrogens (primary N) is 3. The second kappa shape index (κ2) is 6.48. The summed E-state index contributed by atoms with van der Waals surface area (Å²) < 4.78 is 0. The standard InChI is InChI=1S/C18H19N7/c1-25(12-5-3-2-4-6-12)16-10-15(23-18(22)24-16)11-7-8-13(17(20)21)14(19)9-11/h2-10H,19H2,1H3,(H3,20,21)(H2,22,23,24). The van der Waals surface area contributed by atoms with Crippen LogP contribution >= 0.6 is 0 Å². The Bertz CT molecular complexity index is 922. The molecule has 7 N–H and O–H groups in total. The van der Waals surface area contributed by atoms with Crippen LogP contribution in [0, 0.1) is 5.41 Å². The Kier molecular flexibility index (Phi) is 4.21. The van der Waals surface area contributed by atoms with E-state index in [0.717, 1.165) is 11.3 Å². The molecule has 0 aliphatic heterocycles. The van der Waals surface area contributed by atoms with Crippen molar-refractivity contribution in [2.45, 2.75) is 0 Å². The molecule has 1 aromatic heterocycles. The first-order chi connectivity index (χ1) is 12.0. The summed E-state index contributed by atoms with van der Waals surface area (Å²) in [4.78, 5) is 10.5. The normalized spacial score (nSPS) is 10.4. The molecular formula is C18H19N7. The van der Waals surface area contributed by atoms with Gasteiger partial charge in [-0.15, -0.1) is 0 Å². The number of anilines is 4. The van der Waals surface area contributed by atoms with Gasteiger partial charge in [0.25, 0.3) is 0 Å². The SMILES string of the molecule is CN(c1ccccc1)c1cc(-c2ccc(C(=N)N)c(N)c2)nc(N)n1. The molecule has 0 fully saturated rings. The topological polar surface area (TPSA) is 131 Å². The van der Waals surface area contributed by atoms with Crippen molar-refractivity contribution in [3.63, 3.8) is 0 Å². The van der Waals surface area contributed by atoms with Crippen molar-refractivity contribution < 1.29 is 0 Å². The molecule has 3 rings (SSSR count). The molecule has 1 heterocycles. The number of nitrogens with zero attached hydrogens (tertiary/aromatic N) is 3. The van der Waals surface area contributed by atoms with Crippen LogP contribution in [-0.2, 0) is 0 Å². The molecule has 0 amide bonds. The lowest BCUT2D eigenvalue weighted by molar-refractivity contribution is 1.09. The third-order valence-electron chi connectivity index (χ3n) is 3.85. The summed E-state index contributed by atoms with van der Waals surface area (Å²) in [5, 5.41) is 7.52. The molecule has 0 aliphatic carbocycles.